The molecule has 12 aromatic carbocycles. The van der Waals surface area contributed by atoms with Crippen LogP contribution in [0.3, 0.4) is 0 Å². The molecule has 17 aromatic rings. The van der Waals surface area contributed by atoms with Gasteiger partial charge in [0.2, 0.25) is 0 Å². The molecular weight excluding hydrogens is 1130 g/mol. The number of nitrogens with zero attached hydrogens (tertiary/aromatic N) is 11. The Balaban J connectivity index is 0.929. The van der Waals surface area contributed by atoms with Crippen molar-refractivity contribution in [3.63, 3.8) is 0 Å². The summed E-state index contributed by atoms with van der Waals surface area (Å²) in [4.78, 5) is 47.1. The number of para-hydroxylation sites is 2. The summed E-state index contributed by atoms with van der Waals surface area (Å²) in [5, 5.41) is 4.21. The third-order valence-corrected chi connectivity index (χ3v) is 16.9. The minimum Gasteiger partial charge on any atom is -0.309 e. The van der Waals surface area contributed by atoms with E-state index in [1.54, 1.807) is 0 Å². The van der Waals surface area contributed by atoms with E-state index in [0.29, 0.717) is 52.4 Å². The van der Waals surface area contributed by atoms with Crippen LogP contribution in [0, 0.1) is 0 Å². The Bertz CT molecular complexity index is 5250. The zero-order valence-electron chi connectivity index (χ0n) is 49.4. The van der Waals surface area contributed by atoms with E-state index in [4.69, 9.17) is 44.9 Å². The highest BCUT2D eigenvalue weighted by Gasteiger charge is 2.24. The fourth-order valence-electron chi connectivity index (χ4n) is 12.5. The Morgan fingerprint density at radius 2 is 0.446 bits per heavy atom. The normalized spacial score (nSPS) is 11.5. The molecule has 0 amide bonds. The molecule has 11 heteroatoms. The van der Waals surface area contributed by atoms with Crippen molar-refractivity contribution < 1.29 is 0 Å². The lowest BCUT2D eigenvalue weighted by atomic mass is 9.99. The van der Waals surface area contributed by atoms with E-state index in [-0.39, 0.29) is 0 Å². The summed E-state index contributed by atoms with van der Waals surface area (Å²) >= 11 is 0. The third-order valence-electron chi connectivity index (χ3n) is 16.9. The summed E-state index contributed by atoms with van der Waals surface area (Å²) in [7, 11) is 0. The van der Waals surface area contributed by atoms with Crippen LogP contribution in [-0.4, -0.2) is 54.0 Å². The standard InChI is InChI=1S/C81H51N11/c1-8-24-52(25-9-1)73-82-74(53-26-10-2-11-27-53)86-79(85-73)60-42-46-70-65(50-60)66-51-61(80-87-75(54-28-12-3-13-29-54)83-76(88-80)55-30-14-4-15-31-55)43-47-71(66)92(70)72-45-41-59(58-40-44-69-64(48-58)63-38-22-23-39-68(63)91(69)62-36-20-7-21-37-62)49-67(72)81-89-77(56-32-16-5-17-33-56)84-78(90-81)57-34-18-6-19-35-57/h1-51H. The molecule has 0 saturated heterocycles. The van der Waals surface area contributed by atoms with Crippen molar-refractivity contribution in [2.45, 2.75) is 0 Å². The molecule has 5 aromatic heterocycles. The van der Waals surface area contributed by atoms with Gasteiger partial charge in [0.05, 0.1) is 27.8 Å². The average Bonchev–Trinajstić information content (AvgIpc) is 1.58. The van der Waals surface area contributed by atoms with Crippen molar-refractivity contribution >= 4 is 43.6 Å². The Kier molecular flexibility index (Phi) is 13.2. The SMILES string of the molecule is c1ccc(-c2nc(-c3ccccc3)nc(-c3ccc4c(c3)c3cc(-c5nc(-c6ccccc6)nc(-c6ccccc6)n5)ccc3n4-c3ccc(-c4ccc5c(c4)c4ccccc4n5-c4ccccc4)cc3-c3nc(-c4ccccc4)nc(-c4ccccc4)n3)n2)cc1. The summed E-state index contributed by atoms with van der Waals surface area (Å²) in [5.41, 5.74) is 15.8. The lowest BCUT2D eigenvalue weighted by Gasteiger charge is -2.17. The first-order valence-corrected chi connectivity index (χ1v) is 30.5. The van der Waals surface area contributed by atoms with Gasteiger partial charge in [-0.25, -0.2) is 44.9 Å². The fraction of sp³-hybridized carbons (Fsp3) is 0. The second kappa shape index (κ2) is 22.8. The topological polar surface area (TPSA) is 126 Å². The van der Waals surface area contributed by atoms with Crippen molar-refractivity contribution in [2.24, 2.45) is 0 Å². The molecule has 0 aliphatic carbocycles. The third kappa shape index (κ3) is 9.79. The first-order chi connectivity index (χ1) is 45.6. The van der Waals surface area contributed by atoms with E-state index < -0.39 is 0 Å². The van der Waals surface area contributed by atoms with Gasteiger partial charge in [0.15, 0.2) is 52.4 Å². The summed E-state index contributed by atoms with van der Waals surface area (Å²) in [5.74, 6) is 5.00. The molecule has 0 atom stereocenters. The van der Waals surface area contributed by atoms with Gasteiger partial charge in [-0.15, -0.1) is 0 Å². The lowest BCUT2D eigenvalue weighted by molar-refractivity contribution is 1.06. The fourth-order valence-corrected chi connectivity index (χ4v) is 12.5. The highest BCUT2D eigenvalue weighted by atomic mass is 15.1. The Morgan fingerprint density at radius 3 is 0.848 bits per heavy atom. The second-order valence-corrected chi connectivity index (χ2v) is 22.6. The van der Waals surface area contributed by atoms with Crippen LogP contribution in [0.5, 0.6) is 0 Å². The molecular formula is C81H51N11. The van der Waals surface area contributed by atoms with Crippen LogP contribution in [0.15, 0.2) is 309 Å². The minimum absolute atomic E-state index is 0.513. The van der Waals surface area contributed by atoms with Crippen LogP contribution >= 0.6 is 0 Å². The zero-order valence-corrected chi connectivity index (χ0v) is 49.4. The van der Waals surface area contributed by atoms with Crippen molar-refractivity contribution in [1.29, 1.82) is 0 Å². The summed E-state index contributed by atoms with van der Waals surface area (Å²) in [6.07, 6.45) is 0. The first-order valence-electron chi connectivity index (χ1n) is 30.5. The number of hydrogen-bond acceptors (Lipinski definition) is 9. The molecule has 0 fully saturated rings. The minimum atomic E-state index is 0.513. The van der Waals surface area contributed by atoms with E-state index in [1.165, 1.54) is 5.39 Å². The number of benzene rings is 12. The highest BCUT2D eigenvalue weighted by Crippen LogP contribution is 2.43. The number of aromatic nitrogens is 11. The highest BCUT2D eigenvalue weighted by molar-refractivity contribution is 6.13. The van der Waals surface area contributed by atoms with Gasteiger partial charge in [-0.05, 0) is 90.0 Å². The predicted octanol–water partition coefficient (Wildman–Crippen LogP) is 19.1. The Morgan fingerprint density at radius 1 is 0.174 bits per heavy atom. The number of hydrogen-bond donors (Lipinski definition) is 0. The predicted molar refractivity (Wildman–Crippen MR) is 370 cm³/mol. The Hall–Kier alpha value is -12.7. The molecule has 430 valence electrons. The van der Waals surface area contributed by atoms with E-state index in [9.17, 15) is 0 Å². The van der Waals surface area contributed by atoms with Gasteiger partial charge in [0.1, 0.15) is 0 Å². The van der Waals surface area contributed by atoms with Crippen molar-refractivity contribution in [1.82, 2.24) is 54.0 Å². The van der Waals surface area contributed by atoms with Crippen molar-refractivity contribution in [3.8, 4) is 125 Å². The Labute approximate surface area is 529 Å². The average molecular weight is 1180 g/mol. The molecule has 5 heterocycles. The maximum absolute atomic E-state index is 5.45. The largest absolute Gasteiger partial charge is 0.309 e. The second-order valence-electron chi connectivity index (χ2n) is 22.6. The van der Waals surface area contributed by atoms with E-state index in [2.05, 4.69) is 137 Å². The van der Waals surface area contributed by atoms with Gasteiger partial charge in [-0.1, -0.05) is 231 Å². The summed E-state index contributed by atoms with van der Waals surface area (Å²) in [6, 6.07) is 106. The molecule has 0 aliphatic rings. The van der Waals surface area contributed by atoms with E-state index in [1.807, 2.05) is 182 Å². The van der Waals surface area contributed by atoms with Crippen LogP contribution in [-0.2, 0) is 0 Å². The molecule has 11 nitrogen and oxygen atoms in total. The number of fused-ring (bicyclic) bond motifs is 6. The van der Waals surface area contributed by atoms with E-state index in [0.717, 1.165) is 111 Å². The molecule has 17 rings (SSSR count). The summed E-state index contributed by atoms with van der Waals surface area (Å²) < 4.78 is 4.68. The maximum atomic E-state index is 5.45. The van der Waals surface area contributed by atoms with Gasteiger partial charge in [-0.3, -0.25) is 0 Å². The molecule has 0 saturated carbocycles. The lowest BCUT2D eigenvalue weighted by Crippen LogP contribution is -2.04. The van der Waals surface area contributed by atoms with Crippen molar-refractivity contribution in [3.05, 3.63) is 309 Å². The molecule has 0 unspecified atom stereocenters. The van der Waals surface area contributed by atoms with Gasteiger partial charge >= 0.3 is 0 Å². The van der Waals surface area contributed by atoms with Crippen LogP contribution < -0.4 is 0 Å². The zero-order chi connectivity index (χ0) is 60.9. The van der Waals surface area contributed by atoms with Gasteiger partial charge in [0, 0.05) is 77.3 Å². The molecule has 0 spiro atoms. The van der Waals surface area contributed by atoms with Crippen LogP contribution in [0.1, 0.15) is 0 Å². The molecule has 0 radical (unpaired) electrons. The molecule has 92 heavy (non-hydrogen) atoms. The van der Waals surface area contributed by atoms with Crippen molar-refractivity contribution in [2.75, 3.05) is 0 Å². The number of rotatable bonds is 12. The van der Waals surface area contributed by atoms with Crippen LogP contribution in [0.4, 0.5) is 0 Å². The molecule has 0 aliphatic heterocycles. The van der Waals surface area contributed by atoms with E-state index >= 15 is 0 Å². The van der Waals surface area contributed by atoms with Crippen LogP contribution in [0.25, 0.3) is 169 Å². The maximum Gasteiger partial charge on any atom is 0.166 e. The first kappa shape index (κ1) is 53.5. The van der Waals surface area contributed by atoms with Gasteiger partial charge in [-0.2, -0.15) is 0 Å². The monoisotopic (exact) mass is 1180 g/mol. The summed E-state index contributed by atoms with van der Waals surface area (Å²) in [6.45, 7) is 0. The van der Waals surface area contributed by atoms with Gasteiger partial charge in [0.25, 0.3) is 0 Å². The molecule has 0 N–H and O–H groups in total. The smallest absolute Gasteiger partial charge is 0.166 e. The van der Waals surface area contributed by atoms with Gasteiger partial charge < -0.3 is 9.13 Å². The molecule has 0 bridgehead atoms. The van der Waals surface area contributed by atoms with Crippen LogP contribution in [0.2, 0.25) is 0 Å². The quantitative estimate of drug-likeness (QED) is 0.118.